The fraction of sp³-hybridized carbons (Fsp3) is 0.324. The maximum Gasteiger partial charge on any atom is 0.272 e. The van der Waals surface area contributed by atoms with E-state index in [1.54, 1.807) is 41.3 Å². The number of ether oxygens (including phenoxy) is 1. The molecule has 0 radical (unpaired) electrons. The van der Waals surface area contributed by atoms with Gasteiger partial charge in [0.15, 0.2) is 5.69 Å². The van der Waals surface area contributed by atoms with Crippen LogP contribution in [0.3, 0.4) is 0 Å². The highest BCUT2D eigenvalue weighted by Gasteiger charge is 2.26. The molecule has 4 aromatic rings. The summed E-state index contributed by atoms with van der Waals surface area (Å²) in [6.45, 7) is 3.78. The van der Waals surface area contributed by atoms with Crippen LogP contribution in [0.1, 0.15) is 39.0 Å². The van der Waals surface area contributed by atoms with Gasteiger partial charge in [-0.1, -0.05) is 24.3 Å². The topological polar surface area (TPSA) is 179 Å². The first kappa shape index (κ1) is 34.8. The number of benzene rings is 2. The van der Waals surface area contributed by atoms with E-state index in [4.69, 9.17) is 4.74 Å². The molecule has 1 aliphatic heterocycles. The van der Waals surface area contributed by atoms with Gasteiger partial charge in [-0.25, -0.2) is 14.5 Å². The number of halogens is 1. The molecule has 15 heteroatoms. The molecule has 256 valence electrons. The molecular formula is C34H37FN8O6. The SMILES string of the molecule is CC(=O)Nc1cccnc1C(=O)NCCOCCNCC(=O)N1CCN(C(=O)c2cc(Cc3n[nH]c(=O)c4ccccc34)ccc2F)CC1. The van der Waals surface area contributed by atoms with E-state index < -0.39 is 17.6 Å². The molecule has 0 unspecified atom stereocenters. The summed E-state index contributed by atoms with van der Waals surface area (Å²) < 4.78 is 20.3. The highest BCUT2D eigenvalue weighted by molar-refractivity contribution is 6.01. The summed E-state index contributed by atoms with van der Waals surface area (Å²) in [6, 6.07) is 14.7. The van der Waals surface area contributed by atoms with Crippen molar-refractivity contribution >= 4 is 40.1 Å². The van der Waals surface area contributed by atoms with Crippen LogP contribution in [0, 0.1) is 5.82 Å². The lowest BCUT2D eigenvalue weighted by Crippen LogP contribution is -2.52. The van der Waals surface area contributed by atoms with Gasteiger partial charge in [-0.05, 0) is 35.9 Å². The van der Waals surface area contributed by atoms with Crippen molar-refractivity contribution in [2.75, 3.05) is 64.3 Å². The molecule has 2 aromatic heterocycles. The number of aromatic nitrogens is 3. The van der Waals surface area contributed by atoms with Crippen LogP contribution in [0.4, 0.5) is 10.1 Å². The zero-order chi connectivity index (χ0) is 34.8. The van der Waals surface area contributed by atoms with Crippen LogP contribution in [-0.2, 0) is 20.7 Å². The van der Waals surface area contributed by atoms with Gasteiger partial charge in [-0.15, -0.1) is 0 Å². The van der Waals surface area contributed by atoms with Crippen LogP contribution in [0.5, 0.6) is 0 Å². The molecule has 4 N–H and O–H groups in total. The molecular weight excluding hydrogens is 635 g/mol. The molecule has 0 saturated carbocycles. The predicted octanol–water partition coefficient (Wildman–Crippen LogP) is 1.33. The van der Waals surface area contributed by atoms with E-state index in [0.717, 1.165) is 0 Å². The predicted molar refractivity (Wildman–Crippen MR) is 179 cm³/mol. The van der Waals surface area contributed by atoms with Crippen LogP contribution >= 0.6 is 0 Å². The summed E-state index contributed by atoms with van der Waals surface area (Å²) in [5.41, 5.74) is 1.35. The molecule has 4 amide bonds. The van der Waals surface area contributed by atoms with E-state index in [1.165, 1.54) is 30.2 Å². The highest BCUT2D eigenvalue weighted by Crippen LogP contribution is 2.20. The first-order valence-corrected chi connectivity index (χ1v) is 15.8. The van der Waals surface area contributed by atoms with Crippen LogP contribution in [-0.4, -0.2) is 108 Å². The van der Waals surface area contributed by atoms with Gasteiger partial charge in [0.2, 0.25) is 11.8 Å². The number of nitrogens with one attached hydrogen (secondary N) is 4. The Hall–Kier alpha value is -5.54. The first-order chi connectivity index (χ1) is 23.7. The van der Waals surface area contributed by atoms with Crippen molar-refractivity contribution in [1.82, 2.24) is 35.6 Å². The number of hydrogen-bond donors (Lipinski definition) is 4. The number of fused-ring (bicyclic) bond motifs is 1. The van der Waals surface area contributed by atoms with E-state index in [2.05, 4.69) is 31.1 Å². The second-order valence-corrected chi connectivity index (χ2v) is 11.3. The summed E-state index contributed by atoms with van der Waals surface area (Å²) in [7, 11) is 0. The van der Waals surface area contributed by atoms with Crippen LogP contribution in [0.2, 0.25) is 0 Å². The largest absolute Gasteiger partial charge is 0.378 e. The summed E-state index contributed by atoms with van der Waals surface area (Å²) in [5.74, 6) is -1.96. The number of carbonyl (C=O) groups excluding carboxylic acids is 4. The number of aromatic amines is 1. The van der Waals surface area contributed by atoms with Gasteiger partial charge in [0, 0.05) is 64.2 Å². The van der Waals surface area contributed by atoms with E-state index >= 15 is 0 Å². The second-order valence-electron chi connectivity index (χ2n) is 11.3. The lowest BCUT2D eigenvalue weighted by atomic mass is 10.0. The molecule has 49 heavy (non-hydrogen) atoms. The number of rotatable bonds is 13. The Morgan fingerprint density at radius 2 is 1.67 bits per heavy atom. The average molecular weight is 673 g/mol. The van der Waals surface area contributed by atoms with E-state index in [-0.39, 0.29) is 61.4 Å². The minimum atomic E-state index is -0.635. The van der Waals surface area contributed by atoms with Gasteiger partial charge < -0.3 is 30.5 Å². The van der Waals surface area contributed by atoms with Crippen LogP contribution in [0.15, 0.2) is 65.6 Å². The van der Waals surface area contributed by atoms with E-state index in [9.17, 15) is 28.4 Å². The summed E-state index contributed by atoms with van der Waals surface area (Å²) in [6.07, 6.45) is 1.76. The highest BCUT2D eigenvalue weighted by atomic mass is 19.1. The van der Waals surface area contributed by atoms with Gasteiger partial charge in [-0.2, -0.15) is 5.10 Å². The van der Waals surface area contributed by atoms with Crippen molar-refractivity contribution in [2.24, 2.45) is 0 Å². The Morgan fingerprint density at radius 3 is 2.45 bits per heavy atom. The molecule has 1 saturated heterocycles. The van der Waals surface area contributed by atoms with Crippen molar-refractivity contribution < 1.29 is 28.3 Å². The van der Waals surface area contributed by atoms with Gasteiger partial charge >= 0.3 is 0 Å². The third kappa shape index (κ3) is 9.09. The lowest BCUT2D eigenvalue weighted by molar-refractivity contribution is -0.131. The third-order valence-corrected chi connectivity index (χ3v) is 7.89. The summed E-state index contributed by atoms with van der Waals surface area (Å²) in [4.78, 5) is 69.1. The molecule has 0 atom stereocenters. The Bertz CT molecular complexity index is 1890. The average Bonchev–Trinajstić information content (AvgIpc) is 3.11. The zero-order valence-corrected chi connectivity index (χ0v) is 27.0. The smallest absolute Gasteiger partial charge is 0.272 e. The second kappa shape index (κ2) is 16.5. The Balaban J connectivity index is 1.01. The molecule has 2 aromatic carbocycles. The molecule has 0 spiro atoms. The quantitative estimate of drug-likeness (QED) is 0.153. The fourth-order valence-electron chi connectivity index (χ4n) is 5.43. The Labute approximate surface area is 281 Å². The molecule has 1 fully saturated rings. The molecule has 1 aliphatic rings. The normalized spacial score (nSPS) is 12.9. The first-order valence-electron chi connectivity index (χ1n) is 15.8. The number of pyridine rings is 1. The number of anilines is 1. The van der Waals surface area contributed by atoms with Crippen molar-refractivity contribution in [1.29, 1.82) is 0 Å². The number of H-pyrrole nitrogens is 1. The molecule has 14 nitrogen and oxygen atoms in total. The van der Waals surface area contributed by atoms with Crippen molar-refractivity contribution in [3.63, 3.8) is 0 Å². The van der Waals surface area contributed by atoms with Gasteiger partial charge in [-0.3, -0.25) is 24.0 Å². The standard InChI is InChI=1S/C34H37FN8O6/c1-22(44)39-28-7-4-10-37-31(28)33(47)38-12-18-49-17-11-36-21-30(45)42-13-15-43(16-14-42)34(48)26-19-23(8-9-27(26)35)20-29-24-5-2-3-6-25(24)32(46)41-40-29/h2-10,19,36H,11-18,20-21H2,1H3,(H,38,47)(H,39,44)(H,41,46). The lowest BCUT2D eigenvalue weighted by Gasteiger charge is -2.35. The maximum absolute atomic E-state index is 14.8. The maximum atomic E-state index is 14.8. The third-order valence-electron chi connectivity index (χ3n) is 7.89. The number of piperazine rings is 1. The number of amides is 4. The fourth-order valence-corrected chi connectivity index (χ4v) is 5.43. The van der Waals surface area contributed by atoms with Gasteiger partial charge in [0.05, 0.1) is 42.1 Å². The zero-order valence-electron chi connectivity index (χ0n) is 27.0. The molecule has 5 rings (SSSR count). The monoisotopic (exact) mass is 672 g/mol. The number of nitrogens with zero attached hydrogens (tertiary/aromatic N) is 4. The summed E-state index contributed by atoms with van der Waals surface area (Å²) in [5, 5.41) is 16.2. The van der Waals surface area contributed by atoms with Crippen LogP contribution in [0.25, 0.3) is 10.8 Å². The minimum absolute atomic E-state index is 0.0567. The molecule has 0 bridgehead atoms. The Kier molecular flexibility index (Phi) is 11.7. The van der Waals surface area contributed by atoms with E-state index in [0.29, 0.717) is 60.4 Å². The Morgan fingerprint density at radius 1 is 0.939 bits per heavy atom. The number of hydrogen-bond acceptors (Lipinski definition) is 9. The van der Waals surface area contributed by atoms with Crippen LogP contribution < -0.4 is 21.5 Å². The van der Waals surface area contributed by atoms with Gasteiger partial charge in [0.25, 0.3) is 17.4 Å². The summed E-state index contributed by atoms with van der Waals surface area (Å²) >= 11 is 0. The van der Waals surface area contributed by atoms with Crippen molar-refractivity contribution in [3.05, 3.63) is 99.5 Å². The molecule has 3 heterocycles. The number of carbonyl (C=O) groups is 4. The van der Waals surface area contributed by atoms with Gasteiger partial charge in [0.1, 0.15) is 5.82 Å². The van der Waals surface area contributed by atoms with Crippen molar-refractivity contribution in [3.8, 4) is 0 Å². The minimum Gasteiger partial charge on any atom is -0.378 e. The van der Waals surface area contributed by atoms with Crippen molar-refractivity contribution in [2.45, 2.75) is 13.3 Å². The van der Waals surface area contributed by atoms with E-state index in [1.807, 2.05) is 6.07 Å². The molecule has 0 aliphatic carbocycles.